The van der Waals surface area contributed by atoms with Crippen LogP contribution in [0.4, 0.5) is 13.2 Å². The Bertz CT molecular complexity index is 593. The Morgan fingerprint density at radius 2 is 1.54 bits per heavy atom. The van der Waals surface area contributed by atoms with Crippen molar-refractivity contribution in [2.75, 3.05) is 0 Å². The van der Waals surface area contributed by atoms with Crippen molar-refractivity contribution < 1.29 is 23.4 Å². The predicted molar refractivity (Wildman–Crippen MR) is 102 cm³/mol. The summed E-state index contributed by atoms with van der Waals surface area (Å²) < 4.78 is 39.5. The molecular formula is C23H37F3O2. The van der Waals surface area contributed by atoms with E-state index in [0.717, 1.165) is 51.4 Å². The molecule has 2 nitrogen and oxygen atoms in total. The first kappa shape index (κ1) is 21.0. The molecule has 0 aromatic heterocycles. The average molecular weight is 403 g/mol. The van der Waals surface area contributed by atoms with Gasteiger partial charge in [-0.1, -0.05) is 20.8 Å². The number of fused-ring (bicyclic) bond motifs is 5. The number of halogens is 3. The van der Waals surface area contributed by atoms with Crippen molar-refractivity contribution in [2.24, 2.45) is 46.3 Å². The van der Waals surface area contributed by atoms with Crippen LogP contribution in [0.15, 0.2) is 0 Å². The zero-order valence-corrected chi connectivity index (χ0v) is 17.5. The summed E-state index contributed by atoms with van der Waals surface area (Å²) in [5, 5.41) is 20.1. The van der Waals surface area contributed by atoms with Crippen LogP contribution in [0.3, 0.4) is 0 Å². The summed E-state index contributed by atoms with van der Waals surface area (Å²) >= 11 is 0. The molecule has 8 unspecified atom stereocenters. The lowest BCUT2D eigenvalue weighted by molar-refractivity contribution is -0.228. The molecule has 162 valence electrons. The SMILES string of the molecule is CC(C(O)C(F)(F)F)C1CCC2[C@@H]3CCC4CC(O)CC[C@]4(C)C3CCC12C. The minimum atomic E-state index is -4.53. The van der Waals surface area contributed by atoms with E-state index in [-0.39, 0.29) is 17.4 Å². The summed E-state index contributed by atoms with van der Waals surface area (Å²) in [6, 6.07) is 0. The summed E-state index contributed by atoms with van der Waals surface area (Å²) in [7, 11) is 0. The fourth-order valence-electron chi connectivity index (χ4n) is 8.66. The third kappa shape index (κ3) is 3.05. The minimum absolute atomic E-state index is 0.0474. The molecule has 0 amide bonds. The maximum atomic E-state index is 13.2. The molecule has 0 aliphatic heterocycles. The standard InChI is InChI=1S/C23H37F3O2/c1-13(20(28)23(24,25)26)17-6-7-18-16-5-4-14-12-15(27)8-10-21(14,2)19(16)9-11-22(17,18)3/h13-20,27-28H,4-12H2,1-3H3/t13?,14?,15?,16-,17?,18?,19?,20?,21-,22?/m0/s1. The number of aliphatic hydroxyl groups excluding tert-OH is 2. The van der Waals surface area contributed by atoms with E-state index in [1.807, 2.05) is 0 Å². The van der Waals surface area contributed by atoms with E-state index in [1.54, 1.807) is 6.92 Å². The van der Waals surface area contributed by atoms with Crippen LogP contribution >= 0.6 is 0 Å². The molecular weight excluding hydrogens is 365 g/mol. The van der Waals surface area contributed by atoms with Gasteiger partial charge in [0.2, 0.25) is 0 Å². The Morgan fingerprint density at radius 3 is 2.21 bits per heavy atom. The summed E-state index contributed by atoms with van der Waals surface area (Å²) in [6.45, 7) is 6.28. The van der Waals surface area contributed by atoms with Gasteiger partial charge in [0, 0.05) is 0 Å². The lowest BCUT2D eigenvalue weighted by Crippen LogP contribution is -2.54. The first-order valence-corrected chi connectivity index (χ1v) is 11.4. The summed E-state index contributed by atoms with van der Waals surface area (Å²) in [5.41, 5.74) is 0.211. The molecule has 0 aromatic rings. The summed E-state index contributed by atoms with van der Waals surface area (Å²) in [6.07, 6.45) is 2.29. The smallest absolute Gasteiger partial charge is 0.393 e. The van der Waals surface area contributed by atoms with Crippen LogP contribution in [-0.4, -0.2) is 28.6 Å². The first-order valence-electron chi connectivity index (χ1n) is 11.4. The second-order valence-electron chi connectivity index (χ2n) is 11.2. The maximum absolute atomic E-state index is 13.2. The summed E-state index contributed by atoms with van der Waals surface area (Å²) in [5.74, 6) is 1.57. The molecule has 4 fully saturated rings. The monoisotopic (exact) mass is 402 g/mol. The second-order valence-corrected chi connectivity index (χ2v) is 11.2. The maximum Gasteiger partial charge on any atom is 0.414 e. The van der Waals surface area contributed by atoms with Crippen molar-refractivity contribution in [1.82, 2.24) is 0 Å². The van der Waals surface area contributed by atoms with Gasteiger partial charge in [-0.05, 0) is 104 Å². The Balaban J connectivity index is 1.55. The van der Waals surface area contributed by atoms with E-state index in [2.05, 4.69) is 13.8 Å². The van der Waals surface area contributed by atoms with E-state index in [4.69, 9.17) is 0 Å². The van der Waals surface area contributed by atoms with Crippen molar-refractivity contribution in [2.45, 2.75) is 96.9 Å². The number of rotatable bonds is 2. The normalized spacial score (nSPS) is 51.0. The second kappa shape index (κ2) is 6.87. The molecule has 4 rings (SSSR count). The van der Waals surface area contributed by atoms with Crippen molar-refractivity contribution in [3.8, 4) is 0 Å². The van der Waals surface area contributed by atoms with Gasteiger partial charge in [0.25, 0.3) is 0 Å². The number of aliphatic hydroxyl groups is 2. The highest BCUT2D eigenvalue weighted by molar-refractivity contribution is 5.10. The van der Waals surface area contributed by atoms with Crippen LogP contribution in [0.2, 0.25) is 0 Å². The quantitative estimate of drug-likeness (QED) is 0.634. The summed E-state index contributed by atoms with van der Waals surface area (Å²) in [4.78, 5) is 0. The van der Waals surface area contributed by atoms with Gasteiger partial charge in [0.15, 0.2) is 6.10 Å². The molecule has 0 heterocycles. The fraction of sp³-hybridized carbons (Fsp3) is 1.00. The van der Waals surface area contributed by atoms with E-state index >= 15 is 0 Å². The Hall–Kier alpha value is -0.290. The number of hydrogen-bond acceptors (Lipinski definition) is 2. The Morgan fingerprint density at radius 1 is 0.893 bits per heavy atom. The average Bonchev–Trinajstić information content (AvgIpc) is 2.97. The molecule has 4 aliphatic carbocycles. The zero-order valence-electron chi connectivity index (χ0n) is 17.5. The minimum Gasteiger partial charge on any atom is -0.393 e. The fourth-order valence-corrected chi connectivity index (χ4v) is 8.66. The third-order valence-electron chi connectivity index (χ3n) is 10.2. The van der Waals surface area contributed by atoms with Crippen LogP contribution in [0.5, 0.6) is 0 Å². The van der Waals surface area contributed by atoms with Crippen molar-refractivity contribution in [3.63, 3.8) is 0 Å². The molecule has 4 saturated carbocycles. The van der Waals surface area contributed by atoms with Crippen LogP contribution in [0.1, 0.15) is 78.6 Å². The van der Waals surface area contributed by atoms with Gasteiger partial charge in [-0.3, -0.25) is 0 Å². The van der Waals surface area contributed by atoms with Crippen molar-refractivity contribution >= 4 is 0 Å². The highest BCUT2D eigenvalue weighted by Gasteiger charge is 2.62. The molecule has 0 aromatic carbocycles. The molecule has 0 bridgehead atoms. The van der Waals surface area contributed by atoms with Gasteiger partial charge < -0.3 is 10.2 Å². The van der Waals surface area contributed by atoms with Gasteiger partial charge in [-0.15, -0.1) is 0 Å². The molecule has 5 heteroatoms. The molecule has 4 aliphatic rings. The Labute approximate surface area is 167 Å². The largest absolute Gasteiger partial charge is 0.414 e. The van der Waals surface area contributed by atoms with Crippen LogP contribution < -0.4 is 0 Å². The Kier molecular flexibility index (Phi) is 5.14. The van der Waals surface area contributed by atoms with Crippen LogP contribution in [0, 0.1) is 46.3 Å². The number of hydrogen-bond donors (Lipinski definition) is 2. The van der Waals surface area contributed by atoms with E-state index in [0.29, 0.717) is 29.1 Å². The van der Waals surface area contributed by atoms with Gasteiger partial charge in [0.1, 0.15) is 0 Å². The van der Waals surface area contributed by atoms with Gasteiger partial charge >= 0.3 is 6.18 Å². The highest BCUT2D eigenvalue weighted by atomic mass is 19.4. The van der Waals surface area contributed by atoms with E-state index in [1.165, 1.54) is 6.42 Å². The molecule has 10 atom stereocenters. The van der Waals surface area contributed by atoms with Crippen LogP contribution in [-0.2, 0) is 0 Å². The molecule has 0 radical (unpaired) electrons. The topological polar surface area (TPSA) is 40.5 Å². The van der Waals surface area contributed by atoms with E-state index in [9.17, 15) is 23.4 Å². The predicted octanol–water partition coefficient (Wildman–Crippen LogP) is 5.57. The number of alkyl halides is 3. The first-order chi connectivity index (χ1) is 13.0. The lowest BCUT2D eigenvalue weighted by Gasteiger charge is -2.61. The zero-order chi connectivity index (χ0) is 20.5. The molecule has 0 saturated heterocycles. The highest BCUT2D eigenvalue weighted by Crippen LogP contribution is 2.68. The van der Waals surface area contributed by atoms with Gasteiger partial charge in [-0.25, -0.2) is 0 Å². The van der Waals surface area contributed by atoms with Crippen molar-refractivity contribution in [3.05, 3.63) is 0 Å². The van der Waals surface area contributed by atoms with E-state index < -0.39 is 18.2 Å². The third-order valence-corrected chi connectivity index (χ3v) is 10.2. The lowest BCUT2D eigenvalue weighted by atomic mass is 9.44. The van der Waals surface area contributed by atoms with Gasteiger partial charge in [-0.2, -0.15) is 13.2 Å². The van der Waals surface area contributed by atoms with Crippen LogP contribution in [0.25, 0.3) is 0 Å². The molecule has 28 heavy (non-hydrogen) atoms. The molecule has 0 spiro atoms. The van der Waals surface area contributed by atoms with Crippen molar-refractivity contribution in [1.29, 1.82) is 0 Å². The van der Waals surface area contributed by atoms with Gasteiger partial charge in [0.05, 0.1) is 6.10 Å². The molecule has 2 N–H and O–H groups in total.